The van der Waals surface area contributed by atoms with E-state index in [-0.39, 0.29) is 0 Å². The number of halogens is 2. The van der Waals surface area contributed by atoms with Crippen molar-refractivity contribution in [1.29, 1.82) is 0 Å². The molecular formula is C16H11F2N5S. The van der Waals surface area contributed by atoms with Crippen molar-refractivity contribution in [3.8, 4) is 11.4 Å². The van der Waals surface area contributed by atoms with Crippen LogP contribution in [0.25, 0.3) is 22.3 Å². The number of hydrogen-bond donors (Lipinski definition) is 3. The van der Waals surface area contributed by atoms with E-state index in [4.69, 9.17) is 0 Å². The fourth-order valence-corrected chi connectivity index (χ4v) is 3.10. The number of nitrogens with one attached hydrogen (secondary N) is 3. The molecule has 0 unspecified atom stereocenters. The minimum Gasteiger partial charge on any atom is -0.359 e. The van der Waals surface area contributed by atoms with Gasteiger partial charge in [-0.2, -0.15) is 5.10 Å². The molecule has 0 aliphatic carbocycles. The molecule has 3 aromatic heterocycles. The molecule has 0 saturated carbocycles. The Balaban J connectivity index is 1.61. The summed E-state index contributed by atoms with van der Waals surface area (Å²) in [7, 11) is 0. The predicted octanol–water partition coefficient (Wildman–Crippen LogP) is 4.35. The highest BCUT2D eigenvalue weighted by Crippen LogP contribution is 2.32. The van der Waals surface area contributed by atoms with Crippen LogP contribution in [0.4, 0.5) is 14.5 Å². The van der Waals surface area contributed by atoms with Crippen molar-refractivity contribution in [3.63, 3.8) is 0 Å². The average molecular weight is 343 g/mol. The van der Waals surface area contributed by atoms with E-state index >= 15 is 0 Å². The van der Waals surface area contributed by atoms with Gasteiger partial charge in [0, 0.05) is 23.8 Å². The van der Waals surface area contributed by atoms with Gasteiger partial charge in [0.2, 0.25) is 0 Å². The first kappa shape index (κ1) is 14.7. The quantitative estimate of drug-likeness (QED) is 0.482. The Hall–Kier alpha value is -2.87. The standard InChI is InChI=1S/C16H11F2N5S/c17-10-5-9-13(6-11(10)18)20-7-14(9)23-24-15-8-21-22-16(15)12-3-1-2-4-19-12/h1-8,20,23H,(H,21,22). The van der Waals surface area contributed by atoms with E-state index in [1.54, 1.807) is 18.6 Å². The molecule has 0 amide bonds. The predicted molar refractivity (Wildman–Crippen MR) is 89.5 cm³/mol. The molecule has 0 saturated heterocycles. The topological polar surface area (TPSA) is 69.4 Å². The lowest BCUT2D eigenvalue weighted by atomic mass is 10.2. The van der Waals surface area contributed by atoms with Crippen molar-refractivity contribution in [2.24, 2.45) is 0 Å². The number of benzene rings is 1. The van der Waals surface area contributed by atoms with E-state index in [0.29, 0.717) is 16.6 Å². The Kier molecular flexibility index (Phi) is 3.66. The van der Waals surface area contributed by atoms with Crippen LogP contribution in [0.5, 0.6) is 0 Å². The first-order chi connectivity index (χ1) is 11.7. The van der Waals surface area contributed by atoms with Crippen molar-refractivity contribution in [1.82, 2.24) is 20.2 Å². The van der Waals surface area contributed by atoms with Gasteiger partial charge in [-0.05, 0) is 30.1 Å². The van der Waals surface area contributed by atoms with E-state index in [1.807, 2.05) is 18.2 Å². The van der Waals surface area contributed by atoms with Crippen LogP contribution in [-0.4, -0.2) is 20.2 Å². The maximum Gasteiger partial charge on any atom is 0.160 e. The monoisotopic (exact) mass is 343 g/mol. The number of aromatic nitrogens is 4. The summed E-state index contributed by atoms with van der Waals surface area (Å²) in [6, 6.07) is 7.91. The number of rotatable bonds is 4. The lowest BCUT2D eigenvalue weighted by molar-refractivity contribution is 0.511. The summed E-state index contributed by atoms with van der Waals surface area (Å²) in [5.41, 5.74) is 2.73. The van der Waals surface area contributed by atoms with E-state index in [2.05, 4.69) is 24.9 Å². The largest absolute Gasteiger partial charge is 0.359 e. The Morgan fingerprint density at radius 3 is 2.83 bits per heavy atom. The maximum atomic E-state index is 13.5. The number of pyridine rings is 1. The van der Waals surface area contributed by atoms with E-state index in [9.17, 15) is 8.78 Å². The third-order valence-corrected chi connectivity index (χ3v) is 4.37. The van der Waals surface area contributed by atoms with Gasteiger partial charge in [-0.15, -0.1) is 0 Å². The Bertz CT molecular complexity index is 996. The van der Waals surface area contributed by atoms with Crippen molar-refractivity contribution in [2.45, 2.75) is 4.90 Å². The Labute approximate surface area is 139 Å². The normalized spacial score (nSPS) is 11.1. The van der Waals surface area contributed by atoms with Gasteiger partial charge in [0.25, 0.3) is 0 Å². The van der Waals surface area contributed by atoms with Gasteiger partial charge in [-0.1, -0.05) is 6.07 Å². The highest BCUT2D eigenvalue weighted by molar-refractivity contribution is 8.00. The van der Waals surface area contributed by atoms with Crippen LogP contribution in [0, 0.1) is 11.6 Å². The molecule has 4 rings (SSSR count). The summed E-state index contributed by atoms with van der Waals surface area (Å²) in [6.07, 6.45) is 5.04. The fraction of sp³-hybridized carbons (Fsp3) is 0. The van der Waals surface area contributed by atoms with Crippen molar-refractivity contribution < 1.29 is 8.78 Å². The second-order valence-corrected chi connectivity index (χ2v) is 5.89. The first-order valence-corrected chi connectivity index (χ1v) is 7.88. The van der Waals surface area contributed by atoms with Gasteiger partial charge in [0.15, 0.2) is 11.6 Å². The van der Waals surface area contributed by atoms with Crippen LogP contribution in [-0.2, 0) is 0 Å². The zero-order valence-corrected chi connectivity index (χ0v) is 13.0. The number of hydrogen-bond acceptors (Lipinski definition) is 4. The summed E-state index contributed by atoms with van der Waals surface area (Å²) in [6.45, 7) is 0. The summed E-state index contributed by atoms with van der Waals surface area (Å²) >= 11 is 1.31. The Morgan fingerprint density at radius 2 is 2.00 bits per heavy atom. The van der Waals surface area contributed by atoms with Gasteiger partial charge in [-0.3, -0.25) is 10.1 Å². The summed E-state index contributed by atoms with van der Waals surface area (Å²) < 4.78 is 29.9. The zero-order valence-electron chi connectivity index (χ0n) is 12.2. The molecule has 1 aromatic carbocycles. The number of H-pyrrole nitrogens is 2. The third kappa shape index (κ3) is 2.61. The molecule has 120 valence electrons. The minimum atomic E-state index is -0.882. The number of aromatic amines is 2. The smallest absolute Gasteiger partial charge is 0.160 e. The zero-order chi connectivity index (χ0) is 16.5. The van der Waals surface area contributed by atoms with Crippen molar-refractivity contribution >= 4 is 28.5 Å². The van der Waals surface area contributed by atoms with Crippen molar-refractivity contribution in [2.75, 3.05) is 4.72 Å². The molecule has 4 aromatic rings. The molecule has 0 spiro atoms. The molecule has 3 heterocycles. The molecule has 0 bridgehead atoms. The number of anilines is 1. The van der Waals surface area contributed by atoms with Crippen LogP contribution >= 0.6 is 11.9 Å². The lowest BCUT2D eigenvalue weighted by Gasteiger charge is -2.05. The molecule has 3 N–H and O–H groups in total. The van der Waals surface area contributed by atoms with Crippen LogP contribution in [0.15, 0.2) is 53.8 Å². The van der Waals surface area contributed by atoms with Crippen LogP contribution in [0.1, 0.15) is 0 Å². The van der Waals surface area contributed by atoms with Gasteiger partial charge in [-0.25, -0.2) is 8.78 Å². The van der Waals surface area contributed by atoms with Crippen LogP contribution < -0.4 is 4.72 Å². The maximum absolute atomic E-state index is 13.5. The minimum absolute atomic E-state index is 0.522. The molecule has 0 aliphatic rings. The average Bonchev–Trinajstić information content (AvgIpc) is 3.21. The summed E-state index contributed by atoms with van der Waals surface area (Å²) in [5.74, 6) is -1.76. The van der Waals surface area contributed by atoms with Gasteiger partial charge in [0.05, 0.1) is 33.7 Å². The summed E-state index contributed by atoms with van der Waals surface area (Å²) in [5, 5.41) is 7.53. The fourth-order valence-electron chi connectivity index (χ4n) is 2.36. The molecule has 5 nitrogen and oxygen atoms in total. The van der Waals surface area contributed by atoms with Crippen LogP contribution in [0.2, 0.25) is 0 Å². The van der Waals surface area contributed by atoms with Gasteiger partial charge < -0.3 is 9.71 Å². The van der Waals surface area contributed by atoms with Gasteiger partial charge >= 0.3 is 0 Å². The molecule has 8 heteroatoms. The second kappa shape index (κ2) is 5.97. The highest BCUT2D eigenvalue weighted by Gasteiger charge is 2.12. The van der Waals surface area contributed by atoms with E-state index in [0.717, 1.165) is 22.3 Å². The summed E-state index contributed by atoms with van der Waals surface area (Å²) in [4.78, 5) is 8.04. The molecular weight excluding hydrogens is 332 g/mol. The lowest BCUT2D eigenvalue weighted by Crippen LogP contribution is -1.89. The molecule has 0 aliphatic heterocycles. The third-order valence-electron chi connectivity index (χ3n) is 3.52. The number of nitrogens with zero attached hydrogens (tertiary/aromatic N) is 2. The molecule has 0 atom stereocenters. The van der Waals surface area contributed by atoms with E-state index in [1.165, 1.54) is 18.0 Å². The molecule has 24 heavy (non-hydrogen) atoms. The SMILES string of the molecule is Fc1cc2[nH]cc(NSc3cn[nH]c3-c3ccccn3)c2cc1F. The number of fused-ring (bicyclic) bond motifs is 1. The van der Waals surface area contributed by atoms with Crippen LogP contribution in [0.3, 0.4) is 0 Å². The second-order valence-electron chi connectivity index (χ2n) is 5.04. The first-order valence-electron chi connectivity index (χ1n) is 7.06. The molecule has 0 fully saturated rings. The highest BCUT2D eigenvalue weighted by atomic mass is 32.2. The Morgan fingerprint density at radius 1 is 1.12 bits per heavy atom. The van der Waals surface area contributed by atoms with Crippen molar-refractivity contribution in [3.05, 3.63) is 60.6 Å². The van der Waals surface area contributed by atoms with E-state index < -0.39 is 11.6 Å². The van der Waals surface area contributed by atoms with Gasteiger partial charge in [0.1, 0.15) is 0 Å². The molecule has 0 radical (unpaired) electrons.